The normalized spacial score (nSPS) is 10.2. The molecule has 2 rings (SSSR count). The van der Waals surface area contributed by atoms with Crippen LogP contribution < -0.4 is 5.32 Å². The summed E-state index contributed by atoms with van der Waals surface area (Å²) < 4.78 is 6.08. The van der Waals surface area contributed by atoms with Crippen molar-refractivity contribution >= 4 is 51.6 Å². The van der Waals surface area contributed by atoms with E-state index in [1.54, 1.807) is 30.3 Å². The van der Waals surface area contributed by atoms with Crippen LogP contribution in [0.25, 0.3) is 0 Å². The number of halogens is 1. The van der Waals surface area contributed by atoms with E-state index in [9.17, 15) is 14.4 Å². The van der Waals surface area contributed by atoms with Crippen LogP contribution in [-0.4, -0.2) is 30.8 Å². The number of hydrogen-bond acceptors (Lipinski definition) is 5. The van der Waals surface area contributed by atoms with Crippen LogP contribution in [0.15, 0.2) is 36.4 Å². The molecule has 7 heteroatoms. The van der Waals surface area contributed by atoms with Gasteiger partial charge >= 0.3 is 5.97 Å². The quantitative estimate of drug-likeness (QED) is 0.394. The fraction of sp³-hybridized carbons (Fsp3) is 0.235. The smallest absolute Gasteiger partial charge is 0.338 e. The van der Waals surface area contributed by atoms with Gasteiger partial charge in [-0.3, -0.25) is 9.59 Å². The lowest BCUT2D eigenvalue weighted by Crippen LogP contribution is -2.22. The first-order valence-electron chi connectivity index (χ1n) is 7.25. The Kier molecular flexibility index (Phi) is 6.92. The molecule has 0 aliphatic rings. The maximum atomic E-state index is 12.1. The summed E-state index contributed by atoms with van der Waals surface area (Å²) >= 11 is 3.50. The van der Waals surface area contributed by atoms with E-state index in [2.05, 4.69) is 27.9 Å². The van der Waals surface area contributed by atoms with Crippen LogP contribution in [0.1, 0.15) is 31.8 Å². The molecule has 126 valence electrons. The summed E-state index contributed by atoms with van der Waals surface area (Å²) in [5.41, 5.74) is 0.422. The Morgan fingerprint density at radius 2 is 1.83 bits per heavy atom. The van der Waals surface area contributed by atoms with Gasteiger partial charge in [0.25, 0.3) is 0 Å². The predicted molar refractivity (Wildman–Crippen MR) is 100 cm³/mol. The maximum Gasteiger partial charge on any atom is 0.338 e. The third-order valence-electron chi connectivity index (χ3n) is 3.10. The number of ketones is 1. The van der Waals surface area contributed by atoms with Crippen LogP contribution in [0, 0.1) is 3.57 Å². The molecule has 0 spiro atoms. The van der Waals surface area contributed by atoms with Crippen molar-refractivity contribution in [2.75, 3.05) is 13.2 Å². The minimum absolute atomic E-state index is 0.0784. The molecule has 0 saturated carbocycles. The third-order valence-corrected chi connectivity index (χ3v) is 5.00. The Labute approximate surface area is 157 Å². The lowest BCUT2D eigenvalue weighted by Gasteiger charge is -2.03. The van der Waals surface area contributed by atoms with E-state index in [1.165, 1.54) is 18.3 Å². The molecule has 0 aliphatic heterocycles. The lowest BCUT2D eigenvalue weighted by molar-refractivity contribution is -0.118. The number of nitrogens with one attached hydrogen (secondary N) is 1. The highest BCUT2D eigenvalue weighted by molar-refractivity contribution is 14.1. The topological polar surface area (TPSA) is 72.5 Å². The summed E-state index contributed by atoms with van der Waals surface area (Å²) in [7, 11) is 0. The molecule has 0 saturated heterocycles. The molecule has 0 fully saturated rings. The molecule has 5 nitrogen and oxygen atoms in total. The van der Waals surface area contributed by atoms with Crippen LogP contribution in [-0.2, 0) is 16.0 Å². The fourth-order valence-corrected chi connectivity index (χ4v) is 3.19. The van der Waals surface area contributed by atoms with Gasteiger partial charge in [-0.05, 0) is 65.4 Å². The standard InChI is InChI=1S/C17H16INO4S/c1-11(20)19-9-8-14-6-7-16(24-14)15(21)10-23-17(22)12-2-4-13(18)5-3-12/h2-7H,8-10H2,1H3,(H,19,20). The first-order chi connectivity index (χ1) is 11.5. The van der Waals surface area contributed by atoms with E-state index < -0.39 is 5.97 Å². The highest BCUT2D eigenvalue weighted by Gasteiger charge is 2.13. The van der Waals surface area contributed by atoms with Crippen molar-refractivity contribution < 1.29 is 19.1 Å². The Morgan fingerprint density at radius 1 is 1.12 bits per heavy atom. The van der Waals surface area contributed by atoms with Crippen molar-refractivity contribution in [2.24, 2.45) is 0 Å². The zero-order valence-corrected chi connectivity index (χ0v) is 16.0. The summed E-state index contributed by atoms with van der Waals surface area (Å²) in [6, 6.07) is 10.5. The number of carbonyl (C=O) groups is 3. The summed E-state index contributed by atoms with van der Waals surface area (Å²) in [4.78, 5) is 36.3. The van der Waals surface area contributed by atoms with Crippen LogP contribution >= 0.6 is 33.9 Å². The molecule has 1 N–H and O–H groups in total. The molecular formula is C17H16INO4S. The minimum atomic E-state index is -0.512. The van der Waals surface area contributed by atoms with Gasteiger partial charge < -0.3 is 10.1 Å². The Hall–Kier alpha value is -1.74. The second kappa shape index (κ2) is 8.93. The van der Waals surface area contributed by atoms with Gasteiger partial charge in [-0.25, -0.2) is 4.79 Å². The summed E-state index contributed by atoms with van der Waals surface area (Å²) in [5.74, 6) is -0.822. The van der Waals surface area contributed by atoms with Gasteiger partial charge in [0.05, 0.1) is 10.4 Å². The highest BCUT2D eigenvalue weighted by atomic mass is 127. The van der Waals surface area contributed by atoms with Gasteiger partial charge in [0.2, 0.25) is 11.7 Å². The van der Waals surface area contributed by atoms with E-state index >= 15 is 0 Å². The molecule has 0 atom stereocenters. The first-order valence-corrected chi connectivity index (χ1v) is 9.14. The number of amides is 1. The molecule has 0 bridgehead atoms. The van der Waals surface area contributed by atoms with Crippen molar-refractivity contribution in [1.29, 1.82) is 0 Å². The van der Waals surface area contributed by atoms with Crippen LogP contribution in [0.2, 0.25) is 0 Å². The number of hydrogen-bond donors (Lipinski definition) is 1. The molecule has 0 aliphatic carbocycles. The van der Waals surface area contributed by atoms with Crippen LogP contribution in [0.4, 0.5) is 0 Å². The van der Waals surface area contributed by atoms with E-state index in [4.69, 9.17) is 4.74 Å². The van der Waals surface area contributed by atoms with Crippen molar-refractivity contribution in [1.82, 2.24) is 5.32 Å². The van der Waals surface area contributed by atoms with E-state index in [0.29, 0.717) is 23.4 Å². The Morgan fingerprint density at radius 3 is 2.50 bits per heavy atom. The van der Waals surface area contributed by atoms with E-state index in [1.807, 2.05) is 6.07 Å². The van der Waals surface area contributed by atoms with Gasteiger partial charge in [-0.2, -0.15) is 0 Å². The predicted octanol–water partition coefficient (Wildman–Crippen LogP) is 3.07. The second-order valence-electron chi connectivity index (χ2n) is 5.01. The molecule has 1 aromatic carbocycles. The molecule has 1 aromatic heterocycles. The Balaban J connectivity index is 1.84. The lowest BCUT2D eigenvalue weighted by atomic mass is 10.2. The highest BCUT2D eigenvalue weighted by Crippen LogP contribution is 2.18. The zero-order valence-electron chi connectivity index (χ0n) is 13.0. The van der Waals surface area contributed by atoms with Gasteiger partial charge in [-0.1, -0.05) is 0 Å². The minimum Gasteiger partial charge on any atom is -0.454 e. The SMILES string of the molecule is CC(=O)NCCc1ccc(C(=O)COC(=O)c2ccc(I)cc2)s1. The fourth-order valence-electron chi connectivity index (χ4n) is 1.90. The third kappa shape index (κ3) is 5.72. The number of thiophene rings is 1. The summed E-state index contributed by atoms with van der Waals surface area (Å²) in [6.45, 7) is 1.72. The van der Waals surface area contributed by atoms with Gasteiger partial charge in [0, 0.05) is 21.9 Å². The van der Waals surface area contributed by atoms with Crippen LogP contribution in [0.5, 0.6) is 0 Å². The average molecular weight is 457 g/mol. The number of Topliss-reactive ketones (excluding diaryl/α,β-unsaturated/α-hetero) is 1. The average Bonchev–Trinajstić information content (AvgIpc) is 3.01. The van der Waals surface area contributed by atoms with Crippen molar-refractivity contribution in [2.45, 2.75) is 13.3 Å². The molecule has 24 heavy (non-hydrogen) atoms. The maximum absolute atomic E-state index is 12.1. The monoisotopic (exact) mass is 457 g/mol. The molecule has 1 amide bonds. The first kappa shape index (κ1) is 18.6. The van der Waals surface area contributed by atoms with Gasteiger partial charge in [-0.15, -0.1) is 11.3 Å². The number of rotatable bonds is 7. The van der Waals surface area contributed by atoms with Crippen molar-refractivity contribution in [3.63, 3.8) is 0 Å². The number of carbonyl (C=O) groups excluding carboxylic acids is 3. The molecule has 0 unspecified atom stereocenters. The Bertz CT molecular complexity index is 739. The number of ether oxygens (including phenoxy) is 1. The van der Waals surface area contributed by atoms with Gasteiger partial charge in [0.15, 0.2) is 6.61 Å². The zero-order chi connectivity index (χ0) is 17.5. The number of benzene rings is 1. The second-order valence-corrected chi connectivity index (χ2v) is 7.42. The van der Waals surface area contributed by atoms with E-state index in [-0.39, 0.29) is 18.3 Å². The van der Waals surface area contributed by atoms with Crippen molar-refractivity contribution in [3.05, 3.63) is 55.3 Å². The summed E-state index contributed by atoms with van der Waals surface area (Å²) in [6.07, 6.45) is 0.667. The van der Waals surface area contributed by atoms with Gasteiger partial charge in [0.1, 0.15) is 0 Å². The molecule has 1 heterocycles. The molecule has 0 radical (unpaired) electrons. The molecular weight excluding hydrogens is 441 g/mol. The molecule has 2 aromatic rings. The van der Waals surface area contributed by atoms with Crippen LogP contribution in [0.3, 0.4) is 0 Å². The van der Waals surface area contributed by atoms with E-state index in [0.717, 1.165) is 8.45 Å². The summed E-state index contributed by atoms with van der Waals surface area (Å²) in [5, 5.41) is 2.71. The number of esters is 1. The van der Waals surface area contributed by atoms with Crippen molar-refractivity contribution in [3.8, 4) is 0 Å². The largest absolute Gasteiger partial charge is 0.454 e.